The summed E-state index contributed by atoms with van der Waals surface area (Å²) in [4.78, 5) is 0. The monoisotopic (exact) mass is 249 g/mol. The topological polar surface area (TPSA) is 29.9 Å². The highest BCUT2D eigenvalue weighted by Crippen LogP contribution is 2.36. The number of hydrogen-bond donors (Lipinski definition) is 1. The first-order valence-electron chi connectivity index (χ1n) is 7.49. The van der Waals surface area contributed by atoms with Crippen molar-refractivity contribution in [2.24, 2.45) is 11.8 Å². The van der Waals surface area contributed by atoms with Gasteiger partial charge in [-0.2, -0.15) is 5.10 Å². The predicted octanol–water partition coefficient (Wildman–Crippen LogP) is 3.38. The molecule has 1 aliphatic carbocycles. The van der Waals surface area contributed by atoms with Crippen LogP contribution in [0.15, 0.2) is 12.3 Å². The van der Waals surface area contributed by atoms with Gasteiger partial charge in [0.25, 0.3) is 0 Å². The van der Waals surface area contributed by atoms with Gasteiger partial charge in [0.05, 0.1) is 11.7 Å². The van der Waals surface area contributed by atoms with Gasteiger partial charge < -0.3 is 5.32 Å². The zero-order valence-electron chi connectivity index (χ0n) is 12.0. The van der Waals surface area contributed by atoms with E-state index in [0.717, 1.165) is 37.8 Å². The van der Waals surface area contributed by atoms with Crippen molar-refractivity contribution in [3.63, 3.8) is 0 Å². The minimum absolute atomic E-state index is 0.559. The molecule has 1 aromatic rings. The molecule has 3 nitrogen and oxygen atoms in total. The fourth-order valence-corrected chi connectivity index (χ4v) is 2.60. The van der Waals surface area contributed by atoms with Gasteiger partial charge >= 0.3 is 0 Å². The van der Waals surface area contributed by atoms with E-state index in [9.17, 15) is 0 Å². The third-order valence-electron chi connectivity index (χ3n) is 4.18. The summed E-state index contributed by atoms with van der Waals surface area (Å²) in [5.41, 5.74) is 1.17. The van der Waals surface area contributed by atoms with Crippen LogP contribution in [0.4, 0.5) is 0 Å². The zero-order valence-corrected chi connectivity index (χ0v) is 12.0. The van der Waals surface area contributed by atoms with Gasteiger partial charge in [-0.05, 0) is 50.1 Å². The van der Waals surface area contributed by atoms with Crippen molar-refractivity contribution < 1.29 is 0 Å². The predicted molar refractivity (Wildman–Crippen MR) is 75.4 cm³/mol. The van der Waals surface area contributed by atoms with Gasteiger partial charge in [-0.3, -0.25) is 4.68 Å². The van der Waals surface area contributed by atoms with Crippen molar-refractivity contribution in [3.05, 3.63) is 18.0 Å². The van der Waals surface area contributed by atoms with Crippen LogP contribution in [0.3, 0.4) is 0 Å². The van der Waals surface area contributed by atoms with Gasteiger partial charge in [-0.1, -0.05) is 20.8 Å². The third kappa shape index (κ3) is 3.58. The van der Waals surface area contributed by atoms with Crippen molar-refractivity contribution in [2.45, 2.75) is 59.0 Å². The Balaban J connectivity index is 1.75. The summed E-state index contributed by atoms with van der Waals surface area (Å²) in [6.45, 7) is 8.84. The van der Waals surface area contributed by atoms with Gasteiger partial charge in [0.1, 0.15) is 0 Å². The molecular formula is C15H27N3. The smallest absolute Gasteiger partial charge is 0.0762 e. The second-order valence-electron chi connectivity index (χ2n) is 5.70. The molecule has 1 N–H and O–H groups in total. The third-order valence-corrected chi connectivity index (χ3v) is 4.18. The molecule has 1 heterocycles. The molecule has 0 aromatic carbocycles. The van der Waals surface area contributed by atoms with Crippen molar-refractivity contribution in [3.8, 4) is 0 Å². The Labute approximate surface area is 111 Å². The number of aromatic nitrogens is 2. The number of hydrogen-bond acceptors (Lipinski definition) is 2. The van der Waals surface area contributed by atoms with Crippen LogP contribution in [0.1, 0.15) is 58.2 Å². The van der Waals surface area contributed by atoms with E-state index in [0.29, 0.717) is 6.04 Å². The fourth-order valence-electron chi connectivity index (χ4n) is 2.60. The molecule has 0 amide bonds. The molecule has 1 unspecified atom stereocenters. The molecule has 2 rings (SSSR count). The van der Waals surface area contributed by atoms with E-state index < -0.39 is 0 Å². The second-order valence-corrected chi connectivity index (χ2v) is 5.70. The molecule has 0 aliphatic heterocycles. The minimum Gasteiger partial charge on any atom is -0.311 e. The highest BCUT2D eigenvalue weighted by atomic mass is 15.3. The van der Waals surface area contributed by atoms with Gasteiger partial charge in [0, 0.05) is 12.7 Å². The minimum atomic E-state index is 0.559. The Hall–Kier alpha value is -0.830. The van der Waals surface area contributed by atoms with Crippen LogP contribution in [-0.2, 0) is 6.54 Å². The van der Waals surface area contributed by atoms with Gasteiger partial charge in [0.15, 0.2) is 0 Å². The van der Waals surface area contributed by atoms with Gasteiger partial charge in [0.2, 0.25) is 0 Å². The summed E-state index contributed by atoms with van der Waals surface area (Å²) >= 11 is 0. The molecule has 1 fully saturated rings. The highest BCUT2D eigenvalue weighted by molar-refractivity contribution is 4.99. The highest BCUT2D eigenvalue weighted by Gasteiger charge is 2.27. The molecule has 3 heteroatoms. The molecular weight excluding hydrogens is 222 g/mol. The SMILES string of the molecule is CCC(CC)n1ccc(CNCC(C)C2CC2)n1. The molecule has 1 atom stereocenters. The molecule has 0 bridgehead atoms. The summed E-state index contributed by atoms with van der Waals surface area (Å²) < 4.78 is 2.13. The first kappa shape index (κ1) is 13.6. The Morgan fingerprint density at radius 2 is 2.11 bits per heavy atom. The van der Waals surface area contributed by atoms with Crippen molar-refractivity contribution in [1.29, 1.82) is 0 Å². The quantitative estimate of drug-likeness (QED) is 0.765. The van der Waals surface area contributed by atoms with Crippen LogP contribution in [0.25, 0.3) is 0 Å². The first-order valence-corrected chi connectivity index (χ1v) is 7.49. The summed E-state index contributed by atoms with van der Waals surface area (Å²) in [5, 5.41) is 8.20. The zero-order chi connectivity index (χ0) is 13.0. The Kier molecular flexibility index (Phi) is 4.81. The molecule has 1 aromatic heterocycles. The average Bonchev–Trinajstić information content (AvgIpc) is 3.13. The standard InChI is InChI=1S/C15H27N3/c1-4-15(5-2)18-9-8-14(17-18)11-16-10-12(3)13-6-7-13/h8-9,12-13,15-16H,4-7,10-11H2,1-3H3. The van der Waals surface area contributed by atoms with E-state index >= 15 is 0 Å². The normalized spacial score (nSPS) is 17.3. The lowest BCUT2D eigenvalue weighted by molar-refractivity contribution is 0.420. The summed E-state index contributed by atoms with van der Waals surface area (Å²) in [6, 6.07) is 2.71. The van der Waals surface area contributed by atoms with Crippen molar-refractivity contribution in [1.82, 2.24) is 15.1 Å². The molecule has 18 heavy (non-hydrogen) atoms. The van der Waals surface area contributed by atoms with Gasteiger partial charge in [-0.15, -0.1) is 0 Å². The van der Waals surface area contributed by atoms with Crippen LogP contribution in [-0.4, -0.2) is 16.3 Å². The maximum absolute atomic E-state index is 4.66. The van der Waals surface area contributed by atoms with E-state index in [1.54, 1.807) is 0 Å². The van der Waals surface area contributed by atoms with Crippen LogP contribution in [0.2, 0.25) is 0 Å². The number of nitrogens with zero attached hydrogens (tertiary/aromatic N) is 2. The molecule has 102 valence electrons. The Bertz CT molecular complexity index is 350. The van der Waals surface area contributed by atoms with Crippen LogP contribution in [0.5, 0.6) is 0 Å². The molecule has 0 spiro atoms. The van der Waals surface area contributed by atoms with Crippen LogP contribution in [0, 0.1) is 11.8 Å². The average molecular weight is 249 g/mol. The maximum atomic E-state index is 4.66. The van der Waals surface area contributed by atoms with Crippen LogP contribution >= 0.6 is 0 Å². The lowest BCUT2D eigenvalue weighted by atomic mass is 10.1. The molecule has 0 saturated heterocycles. The van der Waals surface area contributed by atoms with Crippen molar-refractivity contribution in [2.75, 3.05) is 6.54 Å². The summed E-state index contributed by atoms with van der Waals surface area (Å²) in [6.07, 6.45) is 7.31. The molecule has 1 saturated carbocycles. The summed E-state index contributed by atoms with van der Waals surface area (Å²) in [5.74, 6) is 1.81. The van der Waals surface area contributed by atoms with Crippen molar-refractivity contribution >= 4 is 0 Å². The summed E-state index contributed by atoms with van der Waals surface area (Å²) in [7, 11) is 0. The lowest BCUT2D eigenvalue weighted by Crippen LogP contribution is -2.22. The van der Waals surface area contributed by atoms with E-state index in [1.807, 2.05) is 0 Å². The number of nitrogens with one attached hydrogen (secondary N) is 1. The maximum Gasteiger partial charge on any atom is 0.0762 e. The molecule has 1 aliphatic rings. The molecule has 0 radical (unpaired) electrons. The van der Waals surface area contributed by atoms with E-state index in [4.69, 9.17) is 0 Å². The Morgan fingerprint density at radius 3 is 2.72 bits per heavy atom. The lowest BCUT2D eigenvalue weighted by Gasteiger charge is -2.13. The number of rotatable bonds is 8. The van der Waals surface area contributed by atoms with E-state index in [1.165, 1.54) is 18.5 Å². The van der Waals surface area contributed by atoms with E-state index in [2.05, 4.69) is 48.1 Å². The van der Waals surface area contributed by atoms with E-state index in [-0.39, 0.29) is 0 Å². The first-order chi connectivity index (χ1) is 8.74. The Morgan fingerprint density at radius 1 is 1.39 bits per heavy atom. The fraction of sp³-hybridized carbons (Fsp3) is 0.800. The van der Waals surface area contributed by atoms with Gasteiger partial charge in [-0.25, -0.2) is 0 Å². The second kappa shape index (κ2) is 6.37. The van der Waals surface area contributed by atoms with Crippen LogP contribution < -0.4 is 5.32 Å². The largest absolute Gasteiger partial charge is 0.311 e.